The molecule has 2 rings (SSSR count). The highest BCUT2D eigenvalue weighted by molar-refractivity contribution is 5.79. The molecule has 1 aliphatic rings. The normalized spacial score (nSPS) is 16.5. The number of aryl methyl sites for hydroxylation is 2. The van der Waals surface area contributed by atoms with Crippen LogP contribution in [0.4, 0.5) is 0 Å². The van der Waals surface area contributed by atoms with Crippen LogP contribution in [0.5, 0.6) is 5.75 Å². The van der Waals surface area contributed by atoms with Crippen LogP contribution in [0.2, 0.25) is 0 Å². The smallest absolute Gasteiger partial charge is 0.323 e. The molecule has 1 aromatic carbocycles. The molecule has 0 saturated heterocycles. The molecule has 1 aliphatic carbocycles. The Kier molecular flexibility index (Phi) is 4.65. The zero-order chi connectivity index (χ0) is 14.6. The third kappa shape index (κ3) is 3.31. The summed E-state index contributed by atoms with van der Waals surface area (Å²) in [5.74, 6) is 0.195. The van der Waals surface area contributed by atoms with Crippen LogP contribution < -0.4 is 10.1 Å². The lowest BCUT2D eigenvalue weighted by molar-refractivity contribution is -0.148. The number of carboxylic acids is 1. The molecule has 0 heterocycles. The van der Waals surface area contributed by atoms with E-state index in [9.17, 15) is 9.90 Å². The average molecular weight is 277 g/mol. The van der Waals surface area contributed by atoms with Gasteiger partial charge in [0.25, 0.3) is 0 Å². The number of benzene rings is 1. The van der Waals surface area contributed by atoms with E-state index in [1.54, 1.807) is 0 Å². The van der Waals surface area contributed by atoms with Crippen LogP contribution in [-0.4, -0.2) is 29.8 Å². The lowest BCUT2D eigenvalue weighted by Crippen LogP contribution is -2.57. The van der Waals surface area contributed by atoms with Gasteiger partial charge in [0.2, 0.25) is 0 Å². The van der Waals surface area contributed by atoms with Crippen molar-refractivity contribution in [2.75, 3.05) is 13.2 Å². The van der Waals surface area contributed by atoms with Gasteiger partial charge in [0, 0.05) is 0 Å². The van der Waals surface area contributed by atoms with E-state index in [1.807, 2.05) is 19.9 Å². The molecule has 4 heteroatoms. The van der Waals surface area contributed by atoms with E-state index in [0.29, 0.717) is 13.2 Å². The summed E-state index contributed by atoms with van der Waals surface area (Å²) in [5.41, 5.74) is 1.65. The Morgan fingerprint density at radius 2 is 2.15 bits per heavy atom. The number of aliphatic carboxylic acids is 1. The first kappa shape index (κ1) is 14.9. The van der Waals surface area contributed by atoms with Crippen molar-refractivity contribution in [1.29, 1.82) is 0 Å². The molecule has 0 bridgehead atoms. The summed E-state index contributed by atoms with van der Waals surface area (Å²) < 4.78 is 5.76. The van der Waals surface area contributed by atoms with Gasteiger partial charge in [-0.3, -0.25) is 4.79 Å². The van der Waals surface area contributed by atoms with Crippen molar-refractivity contribution < 1.29 is 14.6 Å². The van der Waals surface area contributed by atoms with Crippen LogP contribution >= 0.6 is 0 Å². The third-order valence-electron chi connectivity index (χ3n) is 4.00. The van der Waals surface area contributed by atoms with Crippen molar-refractivity contribution in [3.05, 3.63) is 29.3 Å². The Morgan fingerprint density at radius 3 is 2.75 bits per heavy atom. The molecule has 4 nitrogen and oxygen atoms in total. The van der Waals surface area contributed by atoms with Crippen molar-refractivity contribution >= 4 is 5.97 Å². The summed E-state index contributed by atoms with van der Waals surface area (Å²) >= 11 is 0. The average Bonchev–Trinajstić information content (AvgIpc) is 2.35. The topological polar surface area (TPSA) is 58.6 Å². The van der Waals surface area contributed by atoms with Crippen LogP contribution in [0.1, 0.15) is 36.8 Å². The Bertz CT molecular complexity index is 481. The molecule has 20 heavy (non-hydrogen) atoms. The van der Waals surface area contributed by atoms with Crippen molar-refractivity contribution in [3.63, 3.8) is 0 Å². The van der Waals surface area contributed by atoms with Gasteiger partial charge < -0.3 is 15.2 Å². The second-order valence-corrected chi connectivity index (χ2v) is 5.64. The summed E-state index contributed by atoms with van der Waals surface area (Å²) in [7, 11) is 0. The molecule has 0 spiro atoms. The van der Waals surface area contributed by atoms with E-state index in [2.05, 4.69) is 17.4 Å². The minimum atomic E-state index is -0.723. The highest BCUT2D eigenvalue weighted by Gasteiger charge is 2.43. The first-order chi connectivity index (χ1) is 9.53. The predicted molar refractivity (Wildman–Crippen MR) is 78.2 cm³/mol. The van der Waals surface area contributed by atoms with Gasteiger partial charge in [0.05, 0.1) is 6.61 Å². The number of hydrogen-bond acceptors (Lipinski definition) is 3. The van der Waals surface area contributed by atoms with Gasteiger partial charge in [-0.05, 0) is 63.3 Å². The van der Waals surface area contributed by atoms with Crippen LogP contribution in [0.25, 0.3) is 0 Å². The fraction of sp³-hybridized carbons (Fsp3) is 0.562. The summed E-state index contributed by atoms with van der Waals surface area (Å²) in [6.45, 7) is 5.35. The van der Waals surface area contributed by atoms with Gasteiger partial charge >= 0.3 is 5.97 Å². The number of ether oxygens (including phenoxy) is 1. The summed E-state index contributed by atoms with van der Waals surface area (Å²) in [6.07, 6.45) is 3.28. The highest BCUT2D eigenvalue weighted by Crippen LogP contribution is 2.31. The van der Waals surface area contributed by atoms with E-state index in [1.165, 1.54) is 5.56 Å². The monoisotopic (exact) mass is 277 g/mol. The third-order valence-corrected chi connectivity index (χ3v) is 4.00. The molecule has 0 radical (unpaired) electrons. The molecule has 1 fully saturated rings. The largest absolute Gasteiger partial charge is 0.493 e. The quantitative estimate of drug-likeness (QED) is 0.752. The van der Waals surface area contributed by atoms with Crippen molar-refractivity contribution in [2.45, 2.75) is 45.1 Å². The maximum Gasteiger partial charge on any atom is 0.323 e. The number of rotatable bonds is 7. The van der Waals surface area contributed by atoms with Gasteiger partial charge in [-0.1, -0.05) is 12.1 Å². The molecule has 2 N–H and O–H groups in total. The molecule has 1 aromatic rings. The SMILES string of the molecule is Cc1ccc(C)c(OCCCNC2(C(=O)O)CCC2)c1. The van der Waals surface area contributed by atoms with Gasteiger partial charge in [-0.25, -0.2) is 0 Å². The Labute approximate surface area is 120 Å². The molecular weight excluding hydrogens is 254 g/mol. The first-order valence-corrected chi connectivity index (χ1v) is 7.22. The predicted octanol–water partition coefficient (Wildman–Crippen LogP) is 2.67. The molecule has 0 aliphatic heterocycles. The van der Waals surface area contributed by atoms with Crippen LogP contribution in [0, 0.1) is 13.8 Å². The fourth-order valence-electron chi connectivity index (χ4n) is 2.44. The summed E-state index contributed by atoms with van der Waals surface area (Å²) in [4.78, 5) is 11.2. The van der Waals surface area contributed by atoms with Crippen molar-refractivity contribution in [1.82, 2.24) is 5.32 Å². The number of carbonyl (C=O) groups is 1. The standard InChI is InChI=1S/C16H23NO3/c1-12-5-6-13(2)14(11-12)20-10-4-9-17-16(15(18)19)7-3-8-16/h5-6,11,17H,3-4,7-10H2,1-2H3,(H,18,19). The van der Waals surface area contributed by atoms with Crippen molar-refractivity contribution in [2.24, 2.45) is 0 Å². The Balaban J connectivity index is 1.72. The van der Waals surface area contributed by atoms with Gasteiger partial charge in [0.1, 0.15) is 11.3 Å². The minimum absolute atomic E-state index is 0.604. The van der Waals surface area contributed by atoms with Gasteiger partial charge in [-0.15, -0.1) is 0 Å². The second kappa shape index (κ2) is 6.27. The van der Waals surface area contributed by atoms with E-state index in [4.69, 9.17) is 4.74 Å². The Morgan fingerprint density at radius 1 is 1.40 bits per heavy atom. The van der Waals surface area contributed by atoms with Gasteiger partial charge in [-0.2, -0.15) is 0 Å². The number of carboxylic acid groups (broad SMARTS) is 1. The molecule has 0 amide bonds. The molecule has 110 valence electrons. The molecule has 0 aromatic heterocycles. The van der Waals surface area contributed by atoms with Crippen LogP contribution in [0.3, 0.4) is 0 Å². The van der Waals surface area contributed by atoms with Crippen LogP contribution in [-0.2, 0) is 4.79 Å². The summed E-state index contributed by atoms with van der Waals surface area (Å²) in [5, 5.41) is 12.4. The van der Waals surface area contributed by atoms with E-state index >= 15 is 0 Å². The van der Waals surface area contributed by atoms with E-state index in [-0.39, 0.29) is 0 Å². The maximum absolute atomic E-state index is 11.2. The van der Waals surface area contributed by atoms with Gasteiger partial charge in [0.15, 0.2) is 0 Å². The maximum atomic E-state index is 11.2. The fourth-order valence-corrected chi connectivity index (χ4v) is 2.44. The minimum Gasteiger partial charge on any atom is -0.493 e. The lowest BCUT2D eigenvalue weighted by atomic mass is 9.77. The van der Waals surface area contributed by atoms with E-state index < -0.39 is 11.5 Å². The number of nitrogens with one attached hydrogen (secondary N) is 1. The number of hydrogen-bond donors (Lipinski definition) is 2. The zero-order valence-electron chi connectivity index (χ0n) is 12.2. The summed E-state index contributed by atoms with van der Waals surface area (Å²) in [6, 6.07) is 6.15. The Hall–Kier alpha value is -1.55. The molecule has 0 unspecified atom stereocenters. The molecular formula is C16H23NO3. The van der Waals surface area contributed by atoms with Crippen LogP contribution in [0.15, 0.2) is 18.2 Å². The second-order valence-electron chi connectivity index (χ2n) is 5.64. The molecule has 1 saturated carbocycles. The van der Waals surface area contributed by atoms with Crippen molar-refractivity contribution in [3.8, 4) is 5.75 Å². The molecule has 0 atom stereocenters. The highest BCUT2D eigenvalue weighted by atomic mass is 16.5. The lowest BCUT2D eigenvalue weighted by Gasteiger charge is -2.38. The van der Waals surface area contributed by atoms with E-state index in [0.717, 1.165) is 37.0 Å². The zero-order valence-corrected chi connectivity index (χ0v) is 12.2. The first-order valence-electron chi connectivity index (χ1n) is 7.22.